The predicted octanol–water partition coefficient (Wildman–Crippen LogP) is 6.46. The summed E-state index contributed by atoms with van der Waals surface area (Å²) >= 11 is 13.1. The summed E-state index contributed by atoms with van der Waals surface area (Å²) in [5, 5.41) is 25.3. The summed E-state index contributed by atoms with van der Waals surface area (Å²) in [4.78, 5) is 31.8. The summed E-state index contributed by atoms with van der Waals surface area (Å²) in [6.07, 6.45) is 0.210. The Morgan fingerprint density at radius 1 is 1.12 bits per heavy atom. The minimum Gasteiger partial charge on any atom is -0.495 e. The van der Waals surface area contributed by atoms with E-state index in [1.807, 2.05) is 56.3 Å². The molecule has 0 saturated heterocycles. The van der Waals surface area contributed by atoms with Crippen molar-refractivity contribution in [3.05, 3.63) is 76.8 Å². The Morgan fingerprint density at radius 3 is 2.44 bits per heavy atom. The standard InChI is InChI=1S/C37H50Cl2N2O7/c1-22(2)18-31-35(44)47-29(24(4)33(42)32(39)26-13-9-8-10-14-26)15-11-12-23(3)41-28(20-25-16-17-30(46-7)27(38)19-25)34(43)40-21-37(5,6)36(45)48-31/h8-14,16-17,19,22,24,28-29,31-33,35,42,44H,15,18,20-21H2,1-7H3,(H,40,43)/t24-,28+,29-,31-,32-,33+,35-/m0/s1. The largest absolute Gasteiger partial charge is 0.495 e. The second kappa shape index (κ2) is 18.2. The summed E-state index contributed by atoms with van der Waals surface area (Å²) in [6, 6.07) is 13.7. The highest BCUT2D eigenvalue weighted by Crippen LogP contribution is 2.33. The quantitative estimate of drug-likeness (QED) is 0.202. The van der Waals surface area contributed by atoms with Gasteiger partial charge in [-0.1, -0.05) is 74.8 Å². The van der Waals surface area contributed by atoms with E-state index in [4.69, 9.17) is 42.4 Å². The smallest absolute Gasteiger partial charge is 0.313 e. The van der Waals surface area contributed by atoms with Crippen LogP contribution >= 0.6 is 23.2 Å². The Kier molecular flexibility index (Phi) is 14.9. The number of nitrogens with one attached hydrogen (secondary N) is 1. The van der Waals surface area contributed by atoms with Crippen LogP contribution in [0.25, 0.3) is 0 Å². The Morgan fingerprint density at radius 2 is 1.81 bits per heavy atom. The number of cyclic esters (lactones) is 1. The monoisotopic (exact) mass is 704 g/mol. The van der Waals surface area contributed by atoms with E-state index in [2.05, 4.69) is 5.32 Å². The molecule has 0 radical (unpaired) electrons. The van der Waals surface area contributed by atoms with E-state index in [0.29, 0.717) is 22.9 Å². The molecule has 0 fully saturated rings. The molecule has 264 valence electrons. The lowest BCUT2D eigenvalue weighted by atomic mass is 9.90. The van der Waals surface area contributed by atoms with Gasteiger partial charge >= 0.3 is 5.97 Å². The molecular formula is C37H50Cl2N2O7. The van der Waals surface area contributed by atoms with Crippen molar-refractivity contribution < 1.29 is 34.0 Å². The zero-order valence-corrected chi connectivity index (χ0v) is 30.4. The van der Waals surface area contributed by atoms with Crippen LogP contribution in [0.1, 0.15) is 70.9 Å². The van der Waals surface area contributed by atoms with Crippen molar-refractivity contribution in [1.29, 1.82) is 0 Å². The maximum absolute atomic E-state index is 13.6. The first kappa shape index (κ1) is 39.5. The van der Waals surface area contributed by atoms with Gasteiger partial charge in [-0.15, -0.1) is 11.6 Å². The molecule has 0 aromatic heterocycles. The number of allylic oxidation sites excluding steroid dienone is 1. The molecule has 1 aliphatic rings. The first-order valence-corrected chi connectivity index (χ1v) is 17.2. The van der Waals surface area contributed by atoms with Gasteiger partial charge in [-0.3, -0.25) is 14.6 Å². The molecule has 1 heterocycles. The second-order valence-corrected chi connectivity index (χ2v) is 14.4. The van der Waals surface area contributed by atoms with Crippen LogP contribution in [0.4, 0.5) is 0 Å². The van der Waals surface area contributed by atoms with Crippen molar-refractivity contribution in [2.24, 2.45) is 22.2 Å². The normalized spacial score (nSPS) is 24.6. The third kappa shape index (κ3) is 11.3. The number of hydrogen-bond donors (Lipinski definition) is 3. The fraction of sp³-hybridized carbons (Fsp3) is 0.541. The minimum atomic E-state index is -1.48. The minimum absolute atomic E-state index is 0.0251. The number of aliphatic imine (C=N–C) groups is 1. The number of esters is 1. The Labute approximate surface area is 294 Å². The number of methoxy groups -OCH3 is 1. The average Bonchev–Trinajstić information content (AvgIpc) is 3.04. The van der Waals surface area contributed by atoms with E-state index >= 15 is 0 Å². The molecular weight excluding hydrogens is 655 g/mol. The van der Waals surface area contributed by atoms with E-state index in [1.165, 1.54) is 7.11 Å². The van der Waals surface area contributed by atoms with Gasteiger partial charge in [0.1, 0.15) is 11.8 Å². The number of hydrogen-bond acceptors (Lipinski definition) is 8. The third-order valence-corrected chi connectivity index (χ3v) is 9.23. The number of ether oxygens (including phenoxy) is 3. The van der Waals surface area contributed by atoms with Crippen LogP contribution in [0.5, 0.6) is 5.75 Å². The summed E-state index contributed by atoms with van der Waals surface area (Å²) in [5.74, 6) is -0.934. The second-order valence-electron chi connectivity index (χ2n) is 13.5. The van der Waals surface area contributed by atoms with E-state index < -0.39 is 53.3 Å². The van der Waals surface area contributed by atoms with Crippen LogP contribution in [-0.2, 0) is 25.5 Å². The Bertz CT molecular complexity index is 1420. The SMILES string of the molecule is COc1ccc(C[C@H]2N=C(C)C=CC[C@@H]([C@H](C)[C@@H](O)[C@@H](Cl)c3ccccc3)O[C@H](O)[C@H](CC(C)C)OC(=O)C(C)(C)CNC2=O)cc1Cl. The number of aliphatic hydroxyl groups excluding tert-OH is 2. The third-order valence-electron chi connectivity index (χ3n) is 8.43. The number of rotatable bonds is 9. The van der Waals surface area contributed by atoms with Crippen molar-refractivity contribution >= 4 is 40.8 Å². The van der Waals surface area contributed by atoms with Gasteiger partial charge in [-0.25, -0.2) is 0 Å². The number of alkyl halides is 1. The van der Waals surface area contributed by atoms with Crippen molar-refractivity contribution in [2.75, 3.05) is 13.7 Å². The zero-order valence-electron chi connectivity index (χ0n) is 28.9. The van der Waals surface area contributed by atoms with E-state index in [1.54, 1.807) is 45.9 Å². The van der Waals surface area contributed by atoms with Gasteiger partial charge in [-0.2, -0.15) is 0 Å². The van der Waals surface area contributed by atoms with Crippen LogP contribution in [0.15, 0.2) is 65.7 Å². The number of aliphatic hydroxyl groups is 2. The average molecular weight is 706 g/mol. The Hall–Kier alpha value is -2.95. The number of nitrogens with zero attached hydrogens (tertiary/aromatic N) is 1. The lowest BCUT2D eigenvalue weighted by molar-refractivity contribution is -0.222. The molecule has 0 unspecified atom stereocenters. The molecule has 2 aromatic rings. The topological polar surface area (TPSA) is 127 Å². The molecule has 0 aliphatic carbocycles. The molecule has 3 rings (SSSR count). The van der Waals surface area contributed by atoms with Crippen molar-refractivity contribution in [1.82, 2.24) is 5.32 Å². The highest BCUT2D eigenvalue weighted by atomic mass is 35.5. The van der Waals surface area contributed by atoms with Gasteiger partial charge in [0.2, 0.25) is 5.91 Å². The molecule has 9 nitrogen and oxygen atoms in total. The Balaban J connectivity index is 1.99. The van der Waals surface area contributed by atoms with Crippen LogP contribution in [0.2, 0.25) is 5.02 Å². The number of halogens is 2. The van der Waals surface area contributed by atoms with Gasteiger partial charge < -0.3 is 29.7 Å². The van der Waals surface area contributed by atoms with Crippen molar-refractivity contribution in [3.8, 4) is 5.75 Å². The highest BCUT2D eigenvalue weighted by molar-refractivity contribution is 6.32. The fourth-order valence-electron chi connectivity index (χ4n) is 5.38. The van der Waals surface area contributed by atoms with Gasteiger partial charge in [0.05, 0.1) is 35.1 Å². The number of carbonyl (C=O) groups excluding carboxylic acids is 2. The van der Waals surface area contributed by atoms with Crippen LogP contribution in [0, 0.1) is 17.3 Å². The number of benzene rings is 2. The lowest BCUT2D eigenvalue weighted by Gasteiger charge is -2.35. The van der Waals surface area contributed by atoms with Gasteiger partial charge in [0.15, 0.2) is 12.4 Å². The summed E-state index contributed by atoms with van der Waals surface area (Å²) in [7, 11) is 1.53. The summed E-state index contributed by atoms with van der Waals surface area (Å²) in [5.41, 5.74) is 0.969. The maximum atomic E-state index is 13.6. The van der Waals surface area contributed by atoms with E-state index in [9.17, 15) is 19.8 Å². The molecule has 1 aliphatic heterocycles. The molecule has 2 aromatic carbocycles. The molecule has 0 spiro atoms. The van der Waals surface area contributed by atoms with E-state index in [0.717, 1.165) is 11.1 Å². The maximum Gasteiger partial charge on any atom is 0.313 e. The molecule has 0 bridgehead atoms. The summed E-state index contributed by atoms with van der Waals surface area (Å²) in [6.45, 7) is 10.8. The van der Waals surface area contributed by atoms with Crippen molar-refractivity contribution in [2.45, 2.75) is 96.8 Å². The molecule has 7 atom stereocenters. The van der Waals surface area contributed by atoms with Crippen LogP contribution < -0.4 is 10.1 Å². The first-order chi connectivity index (χ1) is 22.6. The predicted molar refractivity (Wildman–Crippen MR) is 190 cm³/mol. The van der Waals surface area contributed by atoms with Crippen molar-refractivity contribution in [3.63, 3.8) is 0 Å². The fourth-order valence-corrected chi connectivity index (χ4v) is 6.04. The summed E-state index contributed by atoms with van der Waals surface area (Å²) < 4.78 is 17.4. The molecule has 48 heavy (non-hydrogen) atoms. The van der Waals surface area contributed by atoms with Gasteiger partial charge in [0, 0.05) is 24.6 Å². The van der Waals surface area contributed by atoms with Crippen LogP contribution in [-0.4, -0.2) is 72.1 Å². The molecule has 1 amide bonds. The highest BCUT2D eigenvalue weighted by Gasteiger charge is 2.38. The zero-order chi connectivity index (χ0) is 35.6. The van der Waals surface area contributed by atoms with Crippen LogP contribution in [0.3, 0.4) is 0 Å². The lowest BCUT2D eigenvalue weighted by Crippen LogP contribution is -2.47. The van der Waals surface area contributed by atoms with E-state index in [-0.39, 0.29) is 31.2 Å². The number of carbonyl (C=O) groups is 2. The number of amides is 1. The van der Waals surface area contributed by atoms with Gasteiger partial charge in [-0.05, 0) is 68.9 Å². The molecule has 3 N–H and O–H groups in total. The molecule has 11 heteroatoms. The first-order valence-electron chi connectivity index (χ1n) is 16.4. The molecule has 0 saturated carbocycles. The van der Waals surface area contributed by atoms with Gasteiger partial charge in [0.25, 0.3) is 0 Å².